The number of hydrogen-bond acceptors (Lipinski definition) is 4. The summed E-state index contributed by atoms with van der Waals surface area (Å²) in [5.74, 6) is -3.57. The molecular weight excluding hydrogens is 512 g/mol. The Bertz CT molecular complexity index is 1670. The van der Waals surface area contributed by atoms with Crippen molar-refractivity contribution in [1.82, 2.24) is 9.78 Å². The van der Waals surface area contributed by atoms with Crippen LogP contribution in [-0.4, -0.2) is 28.3 Å². The molecule has 0 atom stereocenters. The molecule has 5 rings (SSSR count). The molecule has 5 aromatic rings. The number of nitrogens with one attached hydrogen (secondary N) is 1. The van der Waals surface area contributed by atoms with Crippen LogP contribution < -0.4 is 5.32 Å². The zero-order valence-electron chi connectivity index (χ0n) is 21.1. The Kier molecular flexibility index (Phi) is 7.87. The van der Waals surface area contributed by atoms with Crippen molar-refractivity contribution in [3.8, 4) is 28.1 Å². The van der Waals surface area contributed by atoms with Gasteiger partial charge in [0.1, 0.15) is 0 Å². The zero-order valence-corrected chi connectivity index (χ0v) is 21.1. The van der Waals surface area contributed by atoms with Crippen LogP contribution in [0.3, 0.4) is 0 Å². The van der Waals surface area contributed by atoms with Crippen LogP contribution in [0.15, 0.2) is 115 Å². The molecule has 4 aromatic carbocycles. The van der Waals surface area contributed by atoms with E-state index in [0.717, 1.165) is 34.5 Å². The van der Waals surface area contributed by atoms with E-state index < -0.39 is 30.1 Å². The highest BCUT2D eigenvalue weighted by atomic mass is 19.2. The number of nitrogens with zero attached hydrogens (tertiary/aromatic N) is 2. The van der Waals surface area contributed by atoms with E-state index in [1.165, 1.54) is 12.1 Å². The van der Waals surface area contributed by atoms with Crippen LogP contribution in [0, 0.1) is 11.6 Å². The molecule has 0 saturated heterocycles. The van der Waals surface area contributed by atoms with E-state index in [0.29, 0.717) is 11.3 Å². The summed E-state index contributed by atoms with van der Waals surface area (Å²) in [5, 5.41) is 7.10. The van der Waals surface area contributed by atoms with Crippen molar-refractivity contribution in [2.45, 2.75) is 0 Å². The van der Waals surface area contributed by atoms with E-state index in [1.807, 2.05) is 84.9 Å². The number of rotatable bonds is 8. The Morgan fingerprint density at radius 2 is 1.45 bits per heavy atom. The Hall–Kier alpha value is -5.37. The summed E-state index contributed by atoms with van der Waals surface area (Å²) in [7, 11) is 0. The van der Waals surface area contributed by atoms with Crippen LogP contribution in [-0.2, 0) is 14.3 Å². The maximum absolute atomic E-state index is 13.3. The van der Waals surface area contributed by atoms with Crippen LogP contribution in [0.1, 0.15) is 5.56 Å². The maximum atomic E-state index is 13.3. The molecule has 6 nitrogen and oxygen atoms in total. The molecule has 1 aromatic heterocycles. The molecule has 1 N–H and O–H groups in total. The van der Waals surface area contributed by atoms with Crippen molar-refractivity contribution in [2.75, 3.05) is 11.9 Å². The smallest absolute Gasteiger partial charge is 0.331 e. The first-order valence-corrected chi connectivity index (χ1v) is 12.4. The second kappa shape index (κ2) is 12.0. The van der Waals surface area contributed by atoms with Gasteiger partial charge in [-0.25, -0.2) is 18.3 Å². The third-order valence-electron chi connectivity index (χ3n) is 5.98. The second-order valence-corrected chi connectivity index (χ2v) is 8.77. The van der Waals surface area contributed by atoms with Crippen molar-refractivity contribution in [3.05, 3.63) is 133 Å². The quantitative estimate of drug-likeness (QED) is 0.178. The third kappa shape index (κ3) is 6.36. The van der Waals surface area contributed by atoms with Gasteiger partial charge in [0.2, 0.25) is 0 Å². The van der Waals surface area contributed by atoms with Crippen molar-refractivity contribution in [3.63, 3.8) is 0 Å². The van der Waals surface area contributed by atoms with Gasteiger partial charge in [-0.15, -0.1) is 0 Å². The molecule has 0 fully saturated rings. The number of aromatic nitrogens is 2. The van der Waals surface area contributed by atoms with Crippen molar-refractivity contribution >= 4 is 23.6 Å². The van der Waals surface area contributed by atoms with Gasteiger partial charge in [-0.1, -0.05) is 72.8 Å². The number of hydrogen-bond donors (Lipinski definition) is 1. The summed E-state index contributed by atoms with van der Waals surface area (Å²) in [6, 6.07) is 30.5. The van der Waals surface area contributed by atoms with Crippen LogP contribution in [0.2, 0.25) is 0 Å². The first kappa shape index (κ1) is 26.2. The standard InChI is InChI=1S/C32H23F2N3O3/c33-28-17-16-26(19-29(28)34)35-30(38)21-40-31(39)18-15-25-20-37(27-9-5-2-6-10-27)36-32(25)24-13-11-23(12-14-24)22-7-3-1-4-8-22/h1-20H,21H2,(H,35,38)/b18-15+. The van der Waals surface area contributed by atoms with Gasteiger partial charge in [0.05, 0.1) is 11.4 Å². The zero-order chi connectivity index (χ0) is 27.9. The first-order valence-electron chi connectivity index (χ1n) is 12.4. The minimum atomic E-state index is -1.10. The summed E-state index contributed by atoms with van der Waals surface area (Å²) in [5.41, 5.74) is 5.23. The number of ether oxygens (including phenoxy) is 1. The lowest BCUT2D eigenvalue weighted by molar-refractivity contribution is -0.142. The van der Waals surface area contributed by atoms with E-state index in [9.17, 15) is 18.4 Å². The molecular formula is C32H23F2N3O3. The maximum Gasteiger partial charge on any atom is 0.331 e. The predicted molar refractivity (Wildman–Crippen MR) is 149 cm³/mol. The molecule has 0 bridgehead atoms. The molecule has 0 aliphatic carbocycles. The number of anilines is 1. The summed E-state index contributed by atoms with van der Waals surface area (Å²) in [6.07, 6.45) is 4.58. The van der Waals surface area contributed by atoms with Crippen LogP contribution in [0.25, 0.3) is 34.1 Å². The third-order valence-corrected chi connectivity index (χ3v) is 5.98. The molecule has 0 aliphatic heterocycles. The topological polar surface area (TPSA) is 73.2 Å². The van der Waals surface area contributed by atoms with Crippen molar-refractivity contribution in [2.24, 2.45) is 0 Å². The van der Waals surface area contributed by atoms with E-state index in [4.69, 9.17) is 9.84 Å². The molecule has 198 valence electrons. The van der Waals surface area contributed by atoms with Gasteiger partial charge in [-0.2, -0.15) is 5.10 Å². The molecule has 8 heteroatoms. The molecule has 0 unspecified atom stereocenters. The number of esters is 1. The van der Waals surface area contributed by atoms with Gasteiger partial charge in [-0.3, -0.25) is 4.79 Å². The average Bonchev–Trinajstić information content (AvgIpc) is 3.42. The number of benzene rings is 4. The van der Waals surface area contributed by atoms with Gasteiger partial charge in [0.25, 0.3) is 5.91 Å². The Labute approximate surface area is 229 Å². The second-order valence-electron chi connectivity index (χ2n) is 8.77. The Balaban J connectivity index is 1.32. The minimum absolute atomic E-state index is 0.0479. The first-order chi connectivity index (χ1) is 19.5. The number of carbonyl (C=O) groups excluding carboxylic acids is 2. The minimum Gasteiger partial charge on any atom is -0.452 e. The van der Waals surface area contributed by atoms with Crippen LogP contribution in [0.5, 0.6) is 0 Å². The highest BCUT2D eigenvalue weighted by Crippen LogP contribution is 2.28. The number of halogens is 2. The van der Waals surface area contributed by atoms with Gasteiger partial charge in [0, 0.05) is 35.2 Å². The van der Waals surface area contributed by atoms with Crippen molar-refractivity contribution in [1.29, 1.82) is 0 Å². The predicted octanol–water partition coefficient (Wildman–Crippen LogP) is 6.68. The van der Waals surface area contributed by atoms with E-state index in [1.54, 1.807) is 17.0 Å². The van der Waals surface area contributed by atoms with Gasteiger partial charge >= 0.3 is 5.97 Å². The molecule has 0 aliphatic rings. The summed E-state index contributed by atoms with van der Waals surface area (Å²) in [6.45, 7) is -0.598. The van der Waals surface area contributed by atoms with E-state index >= 15 is 0 Å². The van der Waals surface area contributed by atoms with E-state index in [-0.39, 0.29) is 5.69 Å². The summed E-state index contributed by atoms with van der Waals surface area (Å²) >= 11 is 0. The molecule has 1 amide bonds. The lowest BCUT2D eigenvalue weighted by atomic mass is 10.0. The fourth-order valence-corrected chi connectivity index (χ4v) is 4.01. The summed E-state index contributed by atoms with van der Waals surface area (Å²) < 4.78 is 33.2. The molecule has 0 saturated carbocycles. The molecule has 0 radical (unpaired) electrons. The molecule has 40 heavy (non-hydrogen) atoms. The van der Waals surface area contributed by atoms with Crippen LogP contribution in [0.4, 0.5) is 14.5 Å². The Morgan fingerprint density at radius 1 is 0.800 bits per heavy atom. The number of para-hydroxylation sites is 1. The lowest BCUT2D eigenvalue weighted by Crippen LogP contribution is -2.20. The average molecular weight is 536 g/mol. The number of amides is 1. The molecule has 0 spiro atoms. The fraction of sp³-hybridized carbons (Fsp3) is 0.0312. The highest BCUT2D eigenvalue weighted by molar-refractivity contribution is 5.95. The SMILES string of the molecule is O=C(COC(=O)/C=C/c1cn(-c2ccccc2)nc1-c1ccc(-c2ccccc2)cc1)Nc1ccc(F)c(F)c1. The summed E-state index contributed by atoms with van der Waals surface area (Å²) in [4.78, 5) is 24.4. The number of carbonyl (C=O) groups is 2. The van der Waals surface area contributed by atoms with Gasteiger partial charge in [0.15, 0.2) is 18.2 Å². The molecule has 1 heterocycles. The monoisotopic (exact) mass is 535 g/mol. The van der Waals surface area contributed by atoms with Gasteiger partial charge in [-0.05, 0) is 41.5 Å². The van der Waals surface area contributed by atoms with E-state index in [2.05, 4.69) is 5.32 Å². The fourth-order valence-electron chi connectivity index (χ4n) is 4.01. The lowest BCUT2D eigenvalue weighted by Gasteiger charge is -2.06. The highest BCUT2D eigenvalue weighted by Gasteiger charge is 2.13. The normalized spacial score (nSPS) is 10.9. The van der Waals surface area contributed by atoms with Crippen molar-refractivity contribution < 1.29 is 23.1 Å². The van der Waals surface area contributed by atoms with Crippen LogP contribution >= 0.6 is 0 Å². The Morgan fingerprint density at radius 3 is 2.15 bits per heavy atom. The van der Waals surface area contributed by atoms with Gasteiger partial charge < -0.3 is 10.1 Å². The largest absolute Gasteiger partial charge is 0.452 e.